The Morgan fingerprint density at radius 3 is 2.53 bits per heavy atom. The van der Waals surface area contributed by atoms with Crippen molar-refractivity contribution < 1.29 is 4.74 Å². The lowest BCUT2D eigenvalue weighted by Crippen LogP contribution is -1.85. The van der Waals surface area contributed by atoms with Gasteiger partial charge in [0.1, 0.15) is 5.75 Å². The summed E-state index contributed by atoms with van der Waals surface area (Å²) in [7, 11) is 7.09. The van der Waals surface area contributed by atoms with Crippen molar-refractivity contribution >= 4 is 31.4 Å². The van der Waals surface area contributed by atoms with Gasteiger partial charge in [-0.15, -0.1) is 0 Å². The number of hydrogen-bond acceptors (Lipinski definition) is 6. The SMILES string of the molecule is COc1ccc(CSSSCc2cnccn2)cc1. The highest BCUT2D eigenvalue weighted by Gasteiger charge is 1.98. The zero-order valence-corrected chi connectivity index (χ0v) is 12.9. The molecule has 19 heavy (non-hydrogen) atoms. The second kappa shape index (κ2) is 8.35. The number of aromatic nitrogens is 2. The Kier molecular flexibility index (Phi) is 6.39. The molecular weight excluding hydrogens is 296 g/mol. The lowest BCUT2D eigenvalue weighted by Gasteiger charge is -2.03. The first-order valence-corrected chi connectivity index (χ1v) is 9.49. The number of nitrogens with zero attached hydrogens (tertiary/aromatic N) is 2. The summed E-state index contributed by atoms with van der Waals surface area (Å²) in [4.78, 5) is 8.28. The normalized spacial score (nSPS) is 10.4. The van der Waals surface area contributed by atoms with Gasteiger partial charge in [-0.3, -0.25) is 9.97 Å². The van der Waals surface area contributed by atoms with Crippen molar-refractivity contribution in [1.29, 1.82) is 0 Å². The van der Waals surface area contributed by atoms with E-state index < -0.39 is 0 Å². The van der Waals surface area contributed by atoms with E-state index in [0.717, 1.165) is 22.9 Å². The van der Waals surface area contributed by atoms with Crippen molar-refractivity contribution in [2.45, 2.75) is 11.5 Å². The van der Waals surface area contributed by atoms with Crippen LogP contribution in [0, 0.1) is 0 Å². The van der Waals surface area contributed by atoms with Crippen LogP contribution in [0.5, 0.6) is 5.75 Å². The van der Waals surface area contributed by atoms with Crippen LogP contribution in [0.3, 0.4) is 0 Å². The molecule has 0 unspecified atom stereocenters. The van der Waals surface area contributed by atoms with Crippen molar-refractivity contribution in [3.05, 3.63) is 54.1 Å². The van der Waals surface area contributed by atoms with Gasteiger partial charge in [-0.05, 0) is 27.5 Å². The summed E-state index contributed by atoms with van der Waals surface area (Å²) < 4.78 is 5.13. The molecule has 1 aromatic heterocycles. The first-order valence-electron chi connectivity index (χ1n) is 5.67. The van der Waals surface area contributed by atoms with Gasteiger partial charge in [0.05, 0.1) is 12.8 Å². The molecule has 0 aliphatic heterocycles. The minimum Gasteiger partial charge on any atom is -0.497 e. The minimum atomic E-state index is 0.883. The molecule has 0 saturated heterocycles. The molecule has 2 rings (SSSR count). The summed E-state index contributed by atoms with van der Waals surface area (Å²) in [5, 5.41) is 0. The van der Waals surface area contributed by atoms with E-state index in [4.69, 9.17) is 4.74 Å². The van der Waals surface area contributed by atoms with Crippen LogP contribution in [-0.4, -0.2) is 17.1 Å². The van der Waals surface area contributed by atoms with E-state index in [1.165, 1.54) is 5.56 Å². The maximum Gasteiger partial charge on any atom is 0.118 e. The quantitative estimate of drug-likeness (QED) is 0.563. The Balaban J connectivity index is 1.63. The third-order valence-corrected chi connectivity index (χ3v) is 6.38. The van der Waals surface area contributed by atoms with E-state index in [1.807, 2.05) is 29.1 Å². The number of methoxy groups -OCH3 is 1. The molecule has 0 atom stereocenters. The fourth-order valence-corrected chi connectivity index (χ4v) is 4.84. The van der Waals surface area contributed by atoms with E-state index in [-0.39, 0.29) is 0 Å². The molecule has 6 heteroatoms. The van der Waals surface area contributed by atoms with Crippen LogP contribution < -0.4 is 4.74 Å². The van der Waals surface area contributed by atoms with Crippen molar-refractivity contribution in [2.75, 3.05) is 7.11 Å². The smallest absolute Gasteiger partial charge is 0.118 e. The maximum absolute atomic E-state index is 5.13. The van der Waals surface area contributed by atoms with Crippen LogP contribution in [0.2, 0.25) is 0 Å². The highest BCUT2D eigenvalue weighted by molar-refractivity contribution is 9.09. The zero-order valence-electron chi connectivity index (χ0n) is 10.5. The number of rotatable bonds is 7. The predicted molar refractivity (Wildman–Crippen MR) is 85.2 cm³/mol. The fraction of sp³-hybridized carbons (Fsp3) is 0.231. The van der Waals surface area contributed by atoms with Crippen LogP contribution in [0.1, 0.15) is 11.3 Å². The van der Waals surface area contributed by atoms with Gasteiger partial charge in [0.15, 0.2) is 0 Å². The number of hydrogen-bond donors (Lipinski definition) is 0. The van der Waals surface area contributed by atoms with E-state index in [9.17, 15) is 0 Å². The largest absolute Gasteiger partial charge is 0.497 e. The van der Waals surface area contributed by atoms with Gasteiger partial charge in [-0.25, -0.2) is 0 Å². The summed E-state index contributed by atoms with van der Waals surface area (Å²) in [6.45, 7) is 0. The third-order valence-electron chi connectivity index (χ3n) is 2.30. The summed E-state index contributed by atoms with van der Waals surface area (Å²) in [6.07, 6.45) is 5.23. The topological polar surface area (TPSA) is 35.0 Å². The molecule has 3 nitrogen and oxygen atoms in total. The van der Waals surface area contributed by atoms with Crippen molar-refractivity contribution in [1.82, 2.24) is 9.97 Å². The van der Waals surface area contributed by atoms with Crippen LogP contribution in [-0.2, 0) is 11.5 Å². The Morgan fingerprint density at radius 2 is 1.84 bits per heavy atom. The van der Waals surface area contributed by atoms with Gasteiger partial charge in [0, 0.05) is 30.1 Å². The van der Waals surface area contributed by atoms with Crippen LogP contribution in [0.4, 0.5) is 0 Å². The Bertz CT molecular complexity index is 479. The van der Waals surface area contributed by atoms with Crippen LogP contribution >= 0.6 is 31.4 Å². The lowest BCUT2D eigenvalue weighted by molar-refractivity contribution is 0.414. The number of ether oxygens (including phenoxy) is 1. The second-order valence-electron chi connectivity index (χ2n) is 3.64. The first kappa shape index (κ1) is 14.6. The first-order chi connectivity index (χ1) is 9.38. The average Bonchev–Trinajstić information content (AvgIpc) is 2.49. The second-order valence-corrected chi connectivity index (χ2v) is 7.87. The molecule has 0 saturated carbocycles. The zero-order chi connectivity index (χ0) is 13.3. The molecular formula is C13H14N2OS3. The Labute approximate surface area is 124 Å². The standard InChI is InChI=1S/C13H14N2OS3/c1-16-13-4-2-11(3-5-13)9-17-19-18-10-12-8-14-6-7-15-12/h2-8H,9-10H2,1H3. The van der Waals surface area contributed by atoms with Gasteiger partial charge in [0.25, 0.3) is 0 Å². The van der Waals surface area contributed by atoms with E-state index in [0.29, 0.717) is 0 Å². The molecule has 1 aromatic carbocycles. The molecule has 0 bridgehead atoms. The molecule has 0 fully saturated rings. The third kappa shape index (κ3) is 5.34. The summed E-state index contributed by atoms with van der Waals surface area (Å²) >= 11 is 0. The van der Waals surface area contributed by atoms with Crippen LogP contribution in [0.25, 0.3) is 0 Å². The van der Waals surface area contributed by atoms with Gasteiger partial charge in [0.2, 0.25) is 0 Å². The van der Waals surface area contributed by atoms with Crippen molar-refractivity contribution in [3.8, 4) is 5.75 Å². The highest BCUT2D eigenvalue weighted by Crippen LogP contribution is 2.38. The molecule has 0 N–H and O–H groups in total. The van der Waals surface area contributed by atoms with Gasteiger partial charge in [-0.2, -0.15) is 0 Å². The lowest BCUT2D eigenvalue weighted by atomic mass is 10.2. The molecule has 0 radical (unpaired) electrons. The summed E-state index contributed by atoms with van der Waals surface area (Å²) in [6, 6.07) is 8.18. The molecule has 100 valence electrons. The highest BCUT2D eigenvalue weighted by atomic mass is 33.5. The van der Waals surface area contributed by atoms with Gasteiger partial charge >= 0.3 is 0 Å². The number of benzene rings is 1. The fourth-order valence-electron chi connectivity index (χ4n) is 1.34. The maximum atomic E-state index is 5.13. The summed E-state index contributed by atoms with van der Waals surface area (Å²) in [5.41, 5.74) is 2.32. The van der Waals surface area contributed by atoms with E-state index >= 15 is 0 Å². The molecule has 1 heterocycles. The van der Waals surface area contributed by atoms with Gasteiger partial charge in [-0.1, -0.05) is 33.7 Å². The monoisotopic (exact) mass is 310 g/mol. The average molecular weight is 310 g/mol. The van der Waals surface area contributed by atoms with E-state index in [1.54, 1.807) is 40.1 Å². The molecule has 0 amide bonds. The Morgan fingerprint density at radius 1 is 1.05 bits per heavy atom. The van der Waals surface area contributed by atoms with Crippen molar-refractivity contribution in [3.63, 3.8) is 0 Å². The molecule has 0 aliphatic carbocycles. The molecule has 0 aliphatic rings. The summed E-state index contributed by atoms with van der Waals surface area (Å²) in [5.74, 6) is 2.77. The van der Waals surface area contributed by atoms with Crippen molar-refractivity contribution in [2.24, 2.45) is 0 Å². The van der Waals surface area contributed by atoms with Gasteiger partial charge < -0.3 is 4.74 Å². The van der Waals surface area contributed by atoms with Crippen LogP contribution in [0.15, 0.2) is 42.9 Å². The molecule has 0 spiro atoms. The van der Waals surface area contributed by atoms with E-state index in [2.05, 4.69) is 22.1 Å². The molecule has 2 aromatic rings. The Hall–Kier alpha value is -0.850. The predicted octanol–water partition coefficient (Wildman–Crippen LogP) is 4.22. The minimum absolute atomic E-state index is 0.883.